The number of carbonyl (C=O) groups excluding carboxylic acids is 6. The number of urea groups is 1. The van der Waals surface area contributed by atoms with Crippen LogP contribution in [0.5, 0.6) is 0 Å². The molecule has 0 radical (unpaired) electrons. The minimum atomic E-state index is -4.65. The zero-order valence-electron chi connectivity index (χ0n) is 31.1. The van der Waals surface area contributed by atoms with Crippen molar-refractivity contribution in [2.75, 3.05) is 13.1 Å². The normalized spacial score (nSPS) is 19.2. The first kappa shape index (κ1) is 43.5. The summed E-state index contributed by atoms with van der Waals surface area (Å²) in [6.45, 7) is 16.3. The van der Waals surface area contributed by atoms with Crippen LogP contribution in [0.2, 0.25) is 0 Å². The van der Waals surface area contributed by atoms with Gasteiger partial charge in [-0.1, -0.05) is 61.0 Å². The first-order valence-corrected chi connectivity index (χ1v) is 18.1. The Hall–Kier alpha value is -3.65. The summed E-state index contributed by atoms with van der Waals surface area (Å²) in [5, 5.41) is 9.80. The van der Waals surface area contributed by atoms with Crippen molar-refractivity contribution in [3.8, 4) is 0 Å². The Labute approximate surface area is 299 Å². The maximum Gasteiger partial charge on any atom is 0.389 e. The Balaban J connectivity index is 0.00000290. The number of ketones is 1. The van der Waals surface area contributed by atoms with E-state index in [0.717, 1.165) is 25.7 Å². The van der Waals surface area contributed by atoms with Crippen molar-refractivity contribution in [2.24, 2.45) is 23.2 Å². The van der Waals surface area contributed by atoms with Gasteiger partial charge in [-0.2, -0.15) is 13.2 Å². The van der Waals surface area contributed by atoms with Crippen molar-refractivity contribution in [3.63, 3.8) is 0 Å². The number of hydrogen-bond acceptors (Lipinski definition) is 7. The van der Waals surface area contributed by atoms with Crippen molar-refractivity contribution in [1.82, 2.24) is 26.2 Å². The lowest BCUT2D eigenvalue weighted by Gasteiger charge is -2.36. The molecule has 1 aliphatic heterocycles. The molecule has 15 heteroatoms. The van der Waals surface area contributed by atoms with Gasteiger partial charge in [0.1, 0.15) is 24.2 Å². The number of halogens is 3. The summed E-state index contributed by atoms with van der Waals surface area (Å²) in [6, 6.07) is -5.87. The monoisotopic (exact) mass is 729 g/mol. The molecule has 0 spiro atoms. The van der Waals surface area contributed by atoms with E-state index in [4.69, 9.17) is 4.74 Å². The van der Waals surface area contributed by atoms with Gasteiger partial charge < -0.3 is 30.9 Å². The van der Waals surface area contributed by atoms with Crippen LogP contribution in [0, 0.1) is 23.2 Å². The summed E-state index contributed by atoms with van der Waals surface area (Å²) in [6.07, 6.45) is -0.0148. The summed E-state index contributed by atoms with van der Waals surface area (Å²) >= 11 is 0. The zero-order valence-corrected chi connectivity index (χ0v) is 31.1. The van der Waals surface area contributed by atoms with Gasteiger partial charge in [0.25, 0.3) is 5.91 Å². The number of hydrogen-bond donors (Lipinski definition) is 4. The highest BCUT2D eigenvalue weighted by Gasteiger charge is 2.46. The van der Waals surface area contributed by atoms with Gasteiger partial charge in [-0.3, -0.25) is 19.2 Å². The highest BCUT2D eigenvalue weighted by atomic mass is 19.4. The number of esters is 1. The van der Waals surface area contributed by atoms with Gasteiger partial charge in [-0.15, -0.1) is 6.58 Å². The molecule has 4 N–H and O–H groups in total. The van der Waals surface area contributed by atoms with E-state index < -0.39 is 84.1 Å². The van der Waals surface area contributed by atoms with Crippen molar-refractivity contribution >= 4 is 35.5 Å². The molecule has 2 saturated carbocycles. The topological polar surface area (TPSA) is 163 Å². The van der Waals surface area contributed by atoms with Gasteiger partial charge in [0, 0.05) is 19.5 Å². The van der Waals surface area contributed by atoms with Crippen LogP contribution < -0.4 is 21.3 Å². The second-order valence-corrected chi connectivity index (χ2v) is 15.2. The van der Waals surface area contributed by atoms with E-state index >= 15 is 0 Å². The quantitative estimate of drug-likeness (QED) is 0.103. The second-order valence-electron chi connectivity index (χ2n) is 15.2. The SMILES string of the molecule is C=CCNC(=O)C(=O)C(CCC(F)(F)F)NC(=O)C1CCCN1C(=O)C(NC(=O)NC(C(=O)OC(C1CC1)C1CC1)C(C)C)C(C)(C)C.CCC. The molecule has 1 heterocycles. The number of nitrogens with zero attached hydrogens (tertiary/aromatic N) is 1. The number of rotatable bonds is 16. The Kier molecular flexibility index (Phi) is 16.4. The zero-order chi connectivity index (χ0) is 38.7. The molecule has 0 bridgehead atoms. The lowest BCUT2D eigenvalue weighted by molar-refractivity contribution is -0.155. The Morgan fingerprint density at radius 3 is 1.96 bits per heavy atom. The predicted molar refractivity (Wildman–Crippen MR) is 185 cm³/mol. The van der Waals surface area contributed by atoms with Crippen molar-refractivity contribution in [3.05, 3.63) is 12.7 Å². The summed E-state index contributed by atoms with van der Waals surface area (Å²) < 4.78 is 45.0. The van der Waals surface area contributed by atoms with Crippen LogP contribution >= 0.6 is 0 Å². The smallest absolute Gasteiger partial charge is 0.389 e. The van der Waals surface area contributed by atoms with E-state index in [1.165, 1.54) is 17.4 Å². The molecule has 0 aromatic carbocycles. The fraction of sp³-hybridized carbons (Fsp3) is 0.778. The van der Waals surface area contributed by atoms with Gasteiger partial charge in [0.15, 0.2) is 0 Å². The van der Waals surface area contributed by atoms with Crippen LogP contribution in [-0.4, -0.2) is 89.9 Å². The van der Waals surface area contributed by atoms with Crippen LogP contribution in [0.3, 0.4) is 0 Å². The molecule has 1 saturated heterocycles. The third kappa shape index (κ3) is 14.1. The van der Waals surface area contributed by atoms with Gasteiger partial charge in [-0.25, -0.2) is 9.59 Å². The number of alkyl halides is 3. The molecule has 5 amide bonds. The lowest BCUT2D eigenvalue weighted by atomic mass is 9.85. The van der Waals surface area contributed by atoms with E-state index in [2.05, 4.69) is 41.7 Å². The molecule has 2 aliphatic carbocycles. The Morgan fingerprint density at radius 1 is 0.922 bits per heavy atom. The number of Topliss-reactive ketones (excluding diaryl/α,β-unsaturated/α-hetero) is 1. The molecule has 51 heavy (non-hydrogen) atoms. The van der Waals surface area contributed by atoms with Gasteiger partial charge in [0.05, 0.1) is 6.04 Å². The average Bonchev–Trinajstić information content (AvgIpc) is 3.98. The molecule has 4 unspecified atom stereocenters. The van der Waals surface area contributed by atoms with E-state index in [-0.39, 0.29) is 31.5 Å². The van der Waals surface area contributed by atoms with Crippen LogP contribution in [0.25, 0.3) is 0 Å². The molecule has 3 rings (SSSR count). The molecular formula is C36H58F3N5O7. The molecule has 3 fully saturated rings. The molecule has 290 valence electrons. The maximum atomic E-state index is 13.9. The van der Waals surface area contributed by atoms with Crippen LogP contribution in [0.4, 0.5) is 18.0 Å². The number of likely N-dealkylation sites (tertiary alicyclic amines) is 1. The third-order valence-electron chi connectivity index (χ3n) is 8.84. The number of carbonyl (C=O) groups is 6. The summed E-state index contributed by atoms with van der Waals surface area (Å²) in [4.78, 5) is 79.9. The standard InChI is InChI=1S/C33H50F3N5O7.C3H8/c1-7-16-37-28(44)24(42)21(14-15-33(34,35)36)38-27(43)22-9-8-17-41(22)29(45)26(32(4,5)6)40-31(47)39-23(18(2)3)30(46)48-25(19-10-11-19)20-12-13-20;1-3-2/h7,18-23,25-26H,1,8-17H2,2-6H3,(H,37,44)(H,38,43)(H2,39,40,47);3H2,1-2H3. The lowest BCUT2D eigenvalue weighted by Crippen LogP contribution is -2.61. The molecule has 4 atom stereocenters. The third-order valence-corrected chi connectivity index (χ3v) is 8.84. The van der Waals surface area contributed by atoms with E-state index in [1.807, 2.05) is 0 Å². The maximum absolute atomic E-state index is 13.9. The molecular weight excluding hydrogens is 671 g/mol. The van der Waals surface area contributed by atoms with E-state index in [9.17, 15) is 41.9 Å². The van der Waals surface area contributed by atoms with Crippen LogP contribution in [0.1, 0.15) is 106 Å². The largest absolute Gasteiger partial charge is 0.460 e. The van der Waals surface area contributed by atoms with E-state index in [0.29, 0.717) is 18.3 Å². The molecule has 3 aliphatic rings. The highest BCUT2D eigenvalue weighted by Crippen LogP contribution is 2.46. The minimum Gasteiger partial charge on any atom is -0.460 e. The predicted octanol–water partition coefficient (Wildman–Crippen LogP) is 4.56. The van der Waals surface area contributed by atoms with Crippen molar-refractivity contribution < 1.29 is 46.7 Å². The molecule has 0 aromatic rings. The van der Waals surface area contributed by atoms with Gasteiger partial charge in [-0.05, 0) is 68.1 Å². The molecule has 12 nitrogen and oxygen atoms in total. The number of ether oxygens (including phenoxy) is 1. The highest BCUT2D eigenvalue weighted by molar-refractivity contribution is 6.38. The first-order chi connectivity index (χ1) is 23.7. The minimum absolute atomic E-state index is 0.106. The first-order valence-electron chi connectivity index (χ1n) is 18.1. The van der Waals surface area contributed by atoms with Crippen LogP contribution in [0.15, 0.2) is 12.7 Å². The van der Waals surface area contributed by atoms with Gasteiger partial charge in [0.2, 0.25) is 17.6 Å². The second kappa shape index (κ2) is 19.3. The number of nitrogens with one attached hydrogen (secondary N) is 4. The van der Waals surface area contributed by atoms with Crippen molar-refractivity contribution in [1.29, 1.82) is 0 Å². The van der Waals surface area contributed by atoms with Gasteiger partial charge >= 0.3 is 18.2 Å². The fourth-order valence-electron chi connectivity index (χ4n) is 5.82. The molecule has 0 aromatic heterocycles. The van der Waals surface area contributed by atoms with Crippen LogP contribution in [-0.2, 0) is 28.7 Å². The summed E-state index contributed by atoms with van der Waals surface area (Å²) in [5.41, 5.74) is -0.872. The van der Waals surface area contributed by atoms with Crippen molar-refractivity contribution in [2.45, 2.75) is 143 Å². The fourth-order valence-corrected chi connectivity index (χ4v) is 5.82. The Bertz CT molecular complexity index is 1230. The Morgan fingerprint density at radius 2 is 1.49 bits per heavy atom. The number of amides is 5. The summed E-state index contributed by atoms with van der Waals surface area (Å²) in [7, 11) is 0. The summed E-state index contributed by atoms with van der Waals surface area (Å²) in [5.74, 6) is -4.09. The average molecular weight is 730 g/mol. The van der Waals surface area contributed by atoms with E-state index in [1.54, 1.807) is 34.6 Å².